The fourth-order valence-electron chi connectivity index (χ4n) is 1.58. The summed E-state index contributed by atoms with van der Waals surface area (Å²) in [5, 5.41) is 18.7. The van der Waals surface area contributed by atoms with E-state index in [0.29, 0.717) is 5.13 Å². The molecule has 0 aliphatic heterocycles. The van der Waals surface area contributed by atoms with E-state index in [2.05, 4.69) is 20.5 Å². The van der Waals surface area contributed by atoms with E-state index in [1.165, 1.54) is 11.3 Å². The van der Waals surface area contributed by atoms with Crippen molar-refractivity contribution in [2.45, 2.75) is 13.3 Å². The Morgan fingerprint density at radius 2 is 2.25 bits per heavy atom. The summed E-state index contributed by atoms with van der Waals surface area (Å²) < 4.78 is 0. The maximum Gasteiger partial charge on any atom is 0.232 e. The molecule has 0 unspecified atom stereocenters. The van der Waals surface area contributed by atoms with Crippen molar-refractivity contribution in [3.63, 3.8) is 0 Å². The Morgan fingerprint density at radius 1 is 1.35 bits per heavy atom. The molecule has 0 saturated carbocycles. The predicted octanol–water partition coefficient (Wildman–Crippen LogP) is 3.21. The van der Waals surface area contributed by atoms with E-state index in [4.69, 9.17) is 0 Å². The SMILES string of the molecule is Cc1nnc(NC(=O)Cc2csc(-c3ccsc3)n2)s1. The lowest BCUT2D eigenvalue weighted by molar-refractivity contribution is -0.115. The summed E-state index contributed by atoms with van der Waals surface area (Å²) in [5.41, 5.74) is 1.88. The second-order valence-electron chi connectivity index (χ2n) is 4.01. The molecule has 1 amide bonds. The second-order valence-corrected chi connectivity index (χ2v) is 6.83. The molecule has 5 nitrogen and oxygen atoms in total. The van der Waals surface area contributed by atoms with E-state index in [1.54, 1.807) is 22.7 Å². The average Bonchev–Trinajstić information content (AvgIpc) is 3.10. The number of amides is 1. The lowest BCUT2D eigenvalue weighted by Crippen LogP contribution is -2.14. The molecule has 0 spiro atoms. The highest BCUT2D eigenvalue weighted by Gasteiger charge is 2.11. The van der Waals surface area contributed by atoms with Gasteiger partial charge in [0.15, 0.2) is 0 Å². The van der Waals surface area contributed by atoms with Crippen LogP contribution in [0.25, 0.3) is 10.6 Å². The molecule has 3 aromatic heterocycles. The monoisotopic (exact) mass is 322 g/mol. The summed E-state index contributed by atoms with van der Waals surface area (Å²) >= 11 is 4.54. The first-order valence-electron chi connectivity index (χ1n) is 5.77. The standard InChI is InChI=1S/C12H10N4OS3/c1-7-15-16-12(20-7)14-10(17)4-9-6-19-11(13-9)8-2-3-18-5-8/h2-3,5-6H,4H2,1H3,(H,14,16,17). The maximum absolute atomic E-state index is 11.9. The van der Waals surface area contributed by atoms with Gasteiger partial charge in [-0.2, -0.15) is 11.3 Å². The molecule has 3 heterocycles. The van der Waals surface area contributed by atoms with Crippen molar-refractivity contribution in [3.05, 3.63) is 32.9 Å². The lowest BCUT2D eigenvalue weighted by Gasteiger charge is -1.97. The molecule has 0 fully saturated rings. The zero-order valence-corrected chi connectivity index (χ0v) is 12.9. The van der Waals surface area contributed by atoms with Gasteiger partial charge in [0.2, 0.25) is 11.0 Å². The molecule has 102 valence electrons. The Kier molecular flexibility index (Phi) is 3.86. The highest BCUT2D eigenvalue weighted by molar-refractivity contribution is 7.15. The normalized spacial score (nSPS) is 10.7. The lowest BCUT2D eigenvalue weighted by atomic mass is 10.3. The van der Waals surface area contributed by atoms with Gasteiger partial charge in [0.1, 0.15) is 10.0 Å². The third-order valence-electron chi connectivity index (χ3n) is 2.43. The van der Waals surface area contributed by atoms with Crippen molar-refractivity contribution in [1.29, 1.82) is 0 Å². The zero-order valence-electron chi connectivity index (χ0n) is 10.5. The maximum atomic E-state index is 11.9. The van der Waals surface area contributed by atoms with Gasteiger partial charge in [0, 0.05) is 16.3 Å². The number of thiophene rings is 1. The predicted molar refractivity (Wildman–Crippen MR) is 82.4 cm³/mol. The fraction of sp³-hybridized carbons (Fsp3) is 0.167. The zero-order chi connectivity index (χ0) is 13.9. The highest BCUT2D eigenvalue weighted by Crippen LogP contribution is 2.26. The van der Waals surface area contributed by atoms with Crippen LogP contribution >= 0.6 is 34.0 Å². The first-order chi connectivity index (χ1) is 9.70. The van der Waals surface area contributed by atoms with Crippen molar-refractivity contribution in [1.82, 2.24) is 15.2 Å². The van der Waals surface area contributed by atoms with Gasteiger partial charge in [0.05, 0.1) is 12.1 Å². The summed E-state index contributed by atoms with van der Waals surface area (Å²) in [6.07, 6.45) is 0.249. The second kappa shape index (κ2) is 5.78. The summed E-state index contributed by atoms with van der Waals surface area (Å²) in [7, 11) is 0. The number of hydrogen-bond donors (Lipinski definition) is 1. The minimum absolute atomic E-state index is 0.122. The first-order valence-corrected chi connectivity index (χ1v) is 8.41. The Hall–Kier alpha value is -1.64. The van der Waals surface area contributed by atoms with E-state index in [0.717, 1.165) is 21.3 Å². The number of nitrogens with one attached hydrogen (secondary N) is 1. The van der Waals surface area contributed by atoms with Gasteiger partial charge in [-0.05, 0) is 18.4 Å². The summed E-state index contributed by atoms with van der Waals surface area (Å²) in [6, 6.07) is 2.03. The third kappa shape index (κ3) is 3.09. The van der Waals surface area contributed by atoms with Crippen LogP contribution in [0.4, 0.5) is 5.13 Å². The van der Waals surface area contributed by atoms with Crippen LogP contribution in [0.5, 0.6) is 0 Å². The first kappa shape index (κ1) is 13.3. The van der Waals surface area contributed by atoms with Gasteiger partial charge in [-0.1, -0.05) is 11.3 Å². The van der Waals surface area contributed by atoms with Crippen LogP contribution in [0.2, 0.25) is 0 Å². The molecule has 0 aromatic carbocycles. The minimum Gasteiger partial charge on any atom is -0.300 e. The number of aryl methyl sites for hydroxylation is 1. The molecule has 0 atom stereocenters. The van der Waals surface area contributed by atoms with Crippen molar-refractivity contribution in [2.75, 3.05) is 5.32 Å². The van der Waals surface area contributed by atoms with Gasteiger partial charge in [-0.25, -0.2) is 4.98 Å². The molecule has 0 aliphatic rings. The number of carbonyl (C=O) groups excluding carboxylic acids is 1. The van der Waals surface area contributed by atoms with Crippen LogP contribution in [-0.4, -0.2) is 21.1 Å². The Bertz CT molecular complexity index is 717. The van der Waals surface area contributed by atoms with Gasteiger partial charge < -0.3 is 5.32 Å². The summed E-state index contributed by atoms with van der Waals surface area (Å²) in [6.45, 7) is 1.85. The van der Waals surface area contributed by atoms with Crippen LogP contribution in [-0.2, 0) is 11.2 Å². The largest absolute Gasteiger partial charge is 0.300 e. The Labute approximate surface area is 127 Å². The van der Waals surface area contributed by atoms with Crippen molar-refractivity contribution < 1.29 is 4.79 Å². The number of carbonyl (C=O) groups is 1. The van der Waals surface area contributed by atoms with Crippen LogP contribution in [0.1, 0.15) is 10.7 Å². The average molecular weight is 322 g/mol. The number of hydrogen-bond acceptors (Lipinski definition) is 7. The van der Waals surface area contributed by atoms with Crippen LogP contribution in [0, 0.1) is 6.92 Å². The van der Waals surface area contributed by atoms with Crippen molar-refractivity contribution >= 4 is 45.0 Å². The van der Waals surface area contributed by atoms with E-state index < -0.39 is 0 Å². The number of thiazole rings is 1. The molecular weight excluding hydrogens is 312 g/mol. The van der Waals surface area contributed by atoms with Crippen LogP contribution in [0.15, 0.2) is 22.2 Å². The Balaban J connectivity index is 1.64. The van der Waals surface area contributed by atoms with E-state index in [1.807, 2.05) is 29.1 Å². The van der Waals surface area contributed by atoms with E-state index in [-0.39, 0.29) is 12.3 Å². The van der Waals surface area contributed by atoms with Gasteiger partial charge in [-0.3, -0.25) is 4.79 Å². The molecule has 1 N–H and O–H groups in total. The number of rotatable bonds is 4. The minimum atomic E-state index is -0.122. The van der Waals surface area contributed by atoms with Gasteiger partial charge in [-0.15, -0.1) is 21.5 Å². The summed E-state index contributed by atoms with van der Waals surface area (Å²) in [5.74, 6) is -0.122. The molecule has 0 radical (unpaired) electrons. The molecule has 20 heavy (non-hydrogen) atoms. The van der Waals surface area contributed by atoms with Crippen molar-refractivity contribution in [3.8, 4) is 10.6 Å². The van der Waals surface area contributed by atoms with Gasteiger partial charge in [0.25, 0.3) is 0 Å². The van der Waals surface area contributed by atoms with E-state index >= 15 is 0 Å². The van der Waals surface area contributed by atoms with Crippen LogP contribution < -0.4 is 5.32 Å². The Morgan fingerprint density at radius 3 is 2.95 bits per heavy atom. The molecule has 0 bridgehead atoms. The number of aromatic nitrogens is 3. The highest BCUT2D eigenvalue weighted by atomic mass is 32.1. The molecule has 8 heteroatoms. The van der Waals surface area contributed by atoms with Gasteiger partial charge >= 0.3 is 0 Å². The van der Waals surface area contributed by atoms with E-state index in [9.17, 15) is 4.79 Å². The number of anilines is 1. The topological polar surface area (TPSA) is 67.8 Å². The molecule has 0 aliphatic carbocycles. The fourth-order valence-corrected chi connectivity index (χ4v) is 3.72. The molecule has 0 saturated heterocycles. The smallest absolute Gasteiger partial charge is 0.232 e. The quantitative estimate of drug-likeness (QED) is 0.801. The molecular formula is C12H10N4OS3. The number of nitrogens with zero attached hydrogens (tertiary/aromatic N) is 3. The van der Waals surface area contributed by atoms with Crippen molar-refractivity contribution in [2.24, 2.45) is 0 Å². The molecule has 3 rings (SSSR count). The molecule has 3 aromatic rings. The third-order valence-corrected chi connectivity index (χ3v) is 4.81. The summed E-state index contributed by atoms with van der Waals surface area (Å²) in [4.78, 5) is 16.4. The van der Waals surface area contributed by atoms with Crippen LogP contribution in [0.3, 0.4) is 0 Å².